The van der Waals surface area contributed by atoms with Gasteiger partial charge < -0.3 is 5.73 Å². The summed E-state index contributed by atoms with van der Waals surface area (Å²) in [6, 6.07) is 0.289. The maximum Gasteiger partial charge on any atom is 0.118 e. The SMILES string of the molecule is CC=C(F)C=CC(C)CCC(N)CC. The third kappa shape index (κ3) is 6.84. The summed E-state index contributed by atoms with van der Waals surface area (Å²) in [5, 5.41) is 0. The standard InChI is InChI=1S/C12H22FN/c1-4-11(13)8-6-10(3)7-9-12(14)5-2/h4,6,8,10,12H,5,7,9,14H2,1-3H3. The predicted octanol–water partition coefficient (Wildman–Crippen LogP) is 3.57. The molecule has 2 atom stereocenters. The van der Waals surface area contributed by atoms with Gasteiger partial charge in [-0.25, -0.2) is 4.39 Å². The molecule has 0 aromatic carbocycles. The molecule has 0 rings (SSSR count). The van der Waals surface area contributed by atoms with Crippen LogP contribution in [0.25, 0.3) is 0 Å². The highest BCUT2D eigenvalue weighted by atomic mass is 19.1. The molecular formula is C12H22FN. The summed E-state index contributed by atoms with van der Waals surface area (Å²) in [7, 11) is 0. The van der Waals surface area contributed by atoms with Gasteiger partial charge >= 0.3 is 0 Å². The molecule has 0 bridgehead atoms. The smallest absolute Gasteiger partial charge is 0.118 e. The zero-order chi connectivity index (χ0) is 11.0. The second-order valence-electron chi connectivity index (χ2n) is 3.76. The van der Waals surface area contributed by atoms with Crippen LogP contribution in [0, 0.1) is 5.92 Å². The van der Waals surface area contributed by atoms with Crippen molar-refractivity contribution in [2.45, 2.75) is 46.1 Å². The van der Waals surface area contributed by atoms with Crippen LogP contribution in [0.5, 0.6) is 0 Å². The molecule has 0 saturated carbocycles. The second-order valence-corrected chi connectivity index (χ2v) is 3.76. The van der Waals surface area contributed by atoms with Gasteiger partial charge in [-0.3, -0.25) is 0 Å². The molecule has 0 fully saturated rings. The lowest BCUT2D eigenvalue weighted by Gasteiger charge is -2.10. The maximum atomic E-state index is 12.7. The summed E-state index contributed by atoms with van der Waals surface area (Å²) < 4.78 is 12.7. The van der Waals surface area contributed by atoms with Crippen molar-refractivity contribution in [3.05, 3.63) is 24.1 Å². The molecule has 0 saturated heterocycles. The molecule has 0 spiro atoms. The van der Waals surface area contributed by atoms with E-state index in [1.807, 2.05) is 6.08 Å². The van der Waals surface area contributed by atoms with Crippen molar-refractivity contribution in [2.24, 2.45) is 11.7 Å². The van der Waals surface area contributed by atoms with Crippen LogP contribution in [0.2, 0.25) is 0 Å². The third-order valence-corrected chi connectivity index (χ3v) is 2.38. The predicted molar refractivity (Wildman–Crippen MR) is 60.7 cm³/mol. The molecule has 0 radical (unpaired) electrons. The van der Waals surface area contributed by atoms with E-state index in [2.05, 4.69) is 13.8 Å². The first kappa shape index (κ1) is 13.4. The average molecular weight is 199 g/mol. The van der Waals surface area contributed by atoms with Gasteiger partial charge in [-0.2, -0.15) is 0 Å². The van der Waals surface area contributed by atoms with Crippen LogP contribution >= 0.6 is 0 Å². The van der Waals surface area contributed by atoms with Crippen LogP contribution in [-0.2, 0) is 0 Å². The maximum absolute atomic E-state index is 12.7. The van der Waals surface area contributed by atoms with Gasteiger partial charge in [-0.15, -0.1) is 0 Å². The van der Waals surface area contributed by atoms with Gasteiger partial charge in [0.25, 0.3) is 0 Å². The first-order valence-electron chi connectivity index (χ1n) is 5.35. The van der Waals surface area contributed by atoms with Crippen LogP contribution in [-0.4, -0.2) is 6.04 Å². The van der Waals surface area contributed by atoms with Crippen LogP contribution in [0.15, 0.2) is 24.1 Å². The van der Waals surface area contributed by atoms with E-state index in [-0.39, 0.29) is 11.9 Å². The highest BCUT2D eigenvalue weighted by Gasteiger charge is 2.02. The van der Waals surface area contributed by atoms with E-state index in [0.717, 1.165) is 19.3 Å². The summed E-state index contributed by atoms with van der Waals surface area (Å²) in [4.78, 5) is 0. The minimum Gasteiger partial charge on any atom is -0.328 e. The van der Waals surface area contributed by atoms with Crippen molar-refractivity contribution in [2.75, 3.05) is 0 Å². The lowest BCUT2D eigenvalue weighted by Crippen LogP contribution is -2.18. The fraction of sp³-hybridized carbons (Fsp3) is 0.667. The molecule has 0 heterocycles. The van der Waals surface area contributed by atoms with Crippen molar-refractivity contribution in [1.29, 1.82) is 0 Å². The van der Waals surface area contributed by atoms with Gasteiger partial charge in [0.15, 0.2) is 0 Å². The average Bonchev–Trinajstić information content (AvgIpc) is 2.22. The van der Waals surface area contributed by atoms with Gasteiger partial charge in [0, 0.05) is 6.04 Å². The fourth-order valence-corrected chi connectivity index (χ4v) is 1.13. The number of halogens is 1. The highest BCUT2D eigenvalue weighted by Crippen LogP contribution is 2.11. The lowest BCUT2D eigenvalue weighted by molar-refractivity contribution is 0.515. The summed E-state index contributed by atoms with van der Waals surface area (Å²) in [6.45, 7) is 5.86. The van der Waals surface area contributed by atoms with Gasteiger partial charge in [0.1, 0.15) is 5.83 Å². The Labute approximate surface area is 86.9 Å². The van der Waals surface area contributed by atoms with E-state index in [1.165, 1.54) is 12.2 Å². The van der Waals surface area contributed by atoms with E-state index < -0.39 is 0 Å². The lowest BCUT2D eigenvalue weighted by atomic mass is 10.0. The van der Waals surface area contributed by atoms with E-state index in [4.69, 9.17) is 5.73 Å². The van der Waals surface area contributed by atoms with Crippen molar-refractivity contribution in [3.63, 3.8) is 0 Å². The second kappa shape index (κ2) is 7.74. The Morgan fingerprint density at radius 1 is 1.43 bits per heavy atom. The molecule has 2 N–H and O–H groups in total. The minimum absolute atomic E-state index is 0.170. The fourth-order valence-electron chi connectivity index (χ4n) is 1.13. The first-order valence-corrected chi connectivity index (χ1v) is 5.35. The van der Waals surface area contributed by atoms with E-state index >= 15 is 0 Å². The van der Waals surface area contributed by atoms with E-state index in [1.54, 1.807) is 6.92 Å². The summed E-state index contributed by atoms with van der Waals surface area (Å²) >= 11 is 0. The van der Waals surface area contributed by atoms with E-state index in [9.17, 15) is 4.39 Å². The molecule has 0 aromatic rings. The Balaban J connectivity index is 3.75. The third-order valence-electron chi connectivity index (χ3n) is 2.38. The normalized spacial score (nSPS) is 17.4. The quantitative estimate of drug-likeness (QED) is 0.650. The summed E-state index contributed by atoms with van der Waals surface area (Å²) in [5.74, 6) is 0.231. The van der Waals surface area contributed by atoms with Crippen molar-refractivity contribution < 1.29 is 4.39 Å². The molecule has 14 heavy (non-hydrogen) atoms. The van der Waals surface area contributed by atoms with Gasteiger partial charge in [-0.1, -0.05) is 26.0 Å². The molecule has 82 valence electrons. The molecule has 0 aliphatic heterocycles. The Kier molecular flexibility index (Phi) is 7.40. The summed E-state index contributed by atoms with van der Waals surface area (Å²) in [6.07, 6.45) is 7.95. The molecule has 0 aliphatic carbocycles. The molecule has 1 nitrogen and oxygen atoms in total. The van der Waals surface area contributed by atoms with Crippen molar-refractivity contribution in [3.8, 4) is 0 Å². The molecule has 2 unspecified atom stereocenters. The van der Waals surface area contributed by atoms with Crippen LogP contribution < -0.4 is 5.73 Å². The number of rotatable bonds is 6. The van der Waals surface area contributed by atoms with Gasteiger partial charge in [0.2, 0.25) is 0 Å². The molecular weight excluding hydrogens is 177 g/mol. The van der Waals surface area contributed by atoms with Crippen molar-refractivity contribution in [1.82, 2.24) is 0 Å². The van der Waals surface area contributed by atoms with Gasteiger partial charge in [0.05, 0.1) is 0 Å². The molecule has 0 aliphatic rings. The summed E-state index contributed by atoms with van der Waals surface area (Å²) in [5.41, 5.74) is 5.79. The Bertz CT molecular complexity index is 196. The Hall–Kier alpha value is -0.630. The Morgan fingerprint density at radius 2 is 2.07 bits per heavy atom. The topological polar surface area (TPSA) is 26.0 Å². The largest absolute Gasteiger partial charge is 0.328 e. The first-order chi connectivity index (χ1) is 6.60. The van der Waals surface area contributed by atoms with Crippen LogP contribution in [0.3, 0.4) is 0 Å². The van der Waals surface area contributed by atoms with Crippen LogP contribution in [0.1, 0.15) is 40.0 Å². The Morgan fingerprint density at radius 3 is 2.57 bits per heavy atom. The number of hydrogen-bond donors (Lipinski definition) is 1. The zero-order valence-corrected chi connectivity index (χ0v) is 9.46. The monoisotopic (exact) mass is 199 g/mol. The molecule has 0 aromatic heterocycles. The van der Waals surface area contributed by atoms with Crippen molar-refractivity contribution >= 4 is 0 Å². The number of nitrogens with two attached hydrogens (primary N) is 1. The number of allylic oxidation sites excluding steroid dienone is 4. The molecule has 2 heteroatoms. The molecule has 0 amide bonds. The van der Waals surface area contributed by atoms with Crippen LogP contribution in [0.4, 0.5) is 4.39 Å². The van der Waals surface area contributed by atoms with Gasteiger partial charge in [-0.05, 0) is 38.2 Å². The number of hydrogen-bond acceptors (Lipinski definition) is 1. The zero-order valence-electron chi connectivity index (χ0n) is 9.46. The highest BCUT2D eigenvalue weighted by molar-refractivity contribution is 5.10. The van der Waals surface area contributed by atoms with E-state index in [0.29, 0.717) is 5.92 Å². The minimum atomic E-state index is -0.170.